The molecule has 1 amide bonds. The number of carbonyl (C=O) groups excluding carboxylic acids is 2. The first-order chi connectivity index (χ1) is 23.2. The summed E-state index contributed by atoms with van der Waals surface area (Å²) in [5, 5.41) is 3.13. The Morgan fingerprint density at radius 1 is 0.917 bits per heavy atom. The maximum absolute atomic E-state index is 13.6. The smallest absolute Gasteiger partial charge is 0.321 e. The number of esters is 1. The van der Waals surface area contributed by atoms with Gasteiger partial charge in [-0.3, -0.25) is 9.59 Å². The summed E-state index contributed by atoms with van der Waals surface area (Å²) in [6.07, 6.45) is -2.91. The number of fused-ring (bicyclic) bond motifs is 3. The number of ether oxygens (including phenoxy) is 6. The highest BCUT2D eigenvalue weighted by atomic mass is 35.5. The quantitative estimate of drug-likeness (QED) is 0.100. The zero-order chi connectivity index (χ0) is 34.0. The van der Waals surface area contributed by atoms with Crippen molar-refractivity contribution in [2.45, 2.75) is 88.2 Å². The van der Waals surface area contributed by atoms with Gasteiger partial charge in [-0.15, -0.1) is 11.6 Å². The Morgan fingerprint density at radius 3 is 2.08 bits per heavy atom. The molecule has 0 spiro atoms. The van der Waals surface area contributed by atoms with E-state index >= 15 is 0 Å². The molecule has 48 heavy (non-hydrogen) atoms. The number of carbonyl (C=O) groups is 2. The summed E-state index contributed by atoms with van der Waals surface area (Å²) in [6, 6.07) is 29.5. The third-order valence-corrected chi connectivity index (χ3v) is 10.4. The Bertz CT molecular complexity index is 1440. The molecule has 0 radical (unpaired) electrons. The van der Waals surface area contributed by atoms with Crippen LogP contribution in [0.15, 0.2) is 91.0 Å². The van der Waals surface area contributed by atoms with E-state index in [4.69, 9.17) is 40.0 Å². The van der Waals surface area contributed by atoms with Crippen molar-refractivity contribution in [2.24, 2.45) is 0 Å². The molecule has 3 aliphatic heterocycles. The van der Waals surface area contributed by atoms with Crippen LogP contribution in [0.4, 0.5) is 0 Å². The highest BCUT2D eigenvalue weighted by molar-refractivity contribution is 6.76. The Labute approximate surface area is 289 Å². The number of alkyl halides is 1. The van der Waals surface area contributed by atoms with Crippen LogP contribution in [-0.4, -0.2) is 75.3 Å². The number of hydrogen-bond donors (Lipinski definition) is 1. The molecule has 3 heterocycles. The highest BCUT2D eigenvalue weighted by Gasteiger charge is 2.62. The minimum Gasteiger partial charge on any atom is -0.456 e. The molecule has 3 fully saturated rings. The monoisotopic (exact) mass is 695 g/mol. The van der Waals surface area contributed by atoms with Crippen LogP contribution in [0.25, 0.3) is 0 Å². The Morgan fingerprint density at radius 2 is 1.50 bits per heavy atom. The van der Waals surface area contributed by atoms with E-state index in [-0.39, 0.29) is 31.4 Å². The van der Waals surface area contributed by atoms with Gasteiger partial charge >= 0.3 is 5.97 Å². The van der Waals surface area contributed by atoms with Gasteiger partial charge in [0.25, 0.3) is 11.7 Å². The van der Waals surface area contributed by atoms with Crippen LogP contribution >= 0.6 is 11.6 Å². The summed E-state index contributed by atoms with van der Waals surface area (Å²) < 4.78 is 38.2. The van der Waals surface area contributed by atoms with E-state index in [0.717, 1.165) is 22.7 Å². The van der Waals surface area contributed by atoms with Gasteiger partial charge in [-0.2, -0.15) is 0 Å². The van der Waals surface area contributed by atoms with Crippen LogP contribution < -0.4 is 5.32 Å². The second kappa shape index (κ2) is 17.0. The van der Waals surface area contributed by atoms with Crippen molar-refractivity contribution in [3.05, 3.63) is 108 Å². The van der Waals surface area contributed by atoms with Gasteiger partial charge in [0.15, 0.2) is 6.10 Å². The van der Waals surface area contributed by atoms with Crippen molar-refractivity contribution in [1.29, 1.82) is 0 Å². The molecule has 0 saturated carbocycles. The Hall–Kier alpha value is -3.09. The number of halogens is 1. The van der Waals surface area contributed by atoms with E-state index in [1.807, 2.05) is 91.0 Å². The summed E-state index contributed by atoms with van der Waals surface area (Å²) in [6.45, 7) is 7.91. The van der Waals surface area contributed by atoms with Gasteiger partial charge < -0.3 is 33.7 Å². The lowest BCUT2D eigenvalue weighted by Crippen LogP contribution is -2.76. The van der Waals surface area contributed by atoms with Crippen LogP contribution in [-0.2, 0) is 57.8 Å². The summed E-state index contributed by atoms with van der Waals surface area (Å²) in [5.41, 5.74) is 2.88. The average Bonchev–Trinajstić information content (AvgIpc) is 3.08. The lowest BCUT2D eigenvalue weighted by atomic mass is 9.84. The SMILES string of the molecule is C[Si](C)(C)CCO[C@@]12C[C@H](OCc3ccccc3)[C@@H](NC1=O)[C@H]([C@H](OCc1ccccc1)[C@@H](COCc1ccccc1)OC(=O)CCl)O2. The van der Waals surface area contributed by atoms with E-state index in [0.29, 0.717) is 19.8 Å². The highest BCUT2D eigenvalue weighted by Crippen LogP contribution is 2.41. The topological polar surface area (TPSA) is 102 Å². The number of morpholine rings is 1. The standard InChI is InChI=1S/C37H46ClNO8Si/c1-48(2,3)20-19-45-37-21-30(43-24-28-15-9-5-10-16-28)33(39-36(37)41)35(47-37)34(44-25-29-17-11-6-12-18-29)31(46-32(40)22-38)26-42-23-27-13-7-4-8-14-27/h4-18,30-31,33-35H,19-26H2,1-3H3,(H,39,41)/t30-,31+,33+,34+,35+,37+/m0/s1. The largest absolute Gasteiger partial charge is 0.456 e. The van der Waals surface area contributed by atoms with Gasteiger partial charge in [-0.1, -0.05) is 111 Å². The molecular formula is C37H46ClNO8Si. The van der Waals surface area contributed by atoms with Crippen molar-refractivity contribution in [3.8, 4) is 0 Å². The predicted molar refractivity (Wildman–Crippen MR) is 185 cm³/mol. The number of piperidine rings is 1. The third kappa shape index (κ3) is 9.98. The first-order valence-electron chi connectivity index (χ1n) is 16.5. The number of benzene rings is 3. The van der Waals surface area contributed by atoms with E-state index < -0.39 is 50.3 Å². The molecule has 0 aliphatic carbocycles. The molecule has 0 unspecified atom stereocenters. The molecule has 258 valence electrons. The van der Waals surface area contributed by atoms with Crippen LogP contribution in [0.3, 0.4) is 0 Å². The molecule has 3 aliphatic rings. The van der Waals surface area contributed by atoms with Gasteiger partial charge in [0.1, 0.15) is 18.1 Å². The van der Waals surface area contributed by atoms with Crippen LogP contribution in [0.5, 0.6) is 0 Å². The molecular weight excluding hydrogens is 650 g/mol. The van der Waals surface area contributed by atoms with Gasteiger partial charge in [-0.05, 0) is 22.7 Å². The molecule has 11 heteroatoms. The van der Waals surface area contributed by atoms with Crippen LogP contribution in [0.2, 0.25) is 25.7 Å². The third-order valence-electron chi connectivity index (χ3n) is 8.45. The fourth-order valence-corrected chi connectivity index (χ4v) is 6.64. The van der Waals surface area contributed by atoms with E-state index in [1.54, 1.807) is 0 Å². The normalized spacial score (nSPS) is 23.3. The zero-order valence-electron chi connectivity index (χ0n) is 27.8. The lowest BCUT2D eigenvalue weighted by molar-refractivity contribution is -0.328. The van der Waals surface area contributed by atoms with Crippen molar-refractivity contribution >= 4 is 31.6 Å². The maximum Gasteiger partial charge on any atom is 0.321 e. The van der Waals surface area contributed by atoms with Crippen molar-refractivity contribution < 1.29 is 38.0 Å². The molecule has 9 nitrogen and oxygen atoms in total. The van der Waals surface area contributed by atoms with Crippen molar-refractivity contribution in [1.82, 2.24) is 5.32 Å². The number of rotatable bonds is 18. The fourth-order valence-electron chi connectivity index (χ4n) is 5.86. The Kier molecular flexibility index (Phi) is 12.8. The second-order valence-electron chi connectivity index (χ2n) is 13.5. The van der Waals surface area contributed by atoms with Crippen molar-refractivity contribution in [3.63, 3.8) is 0 Å². The first-order valence-corrected chi connectivity index (χ1v) is 20.7. The van der Waals surface area contributed by atoms with Crippen LogP contribution in [0, 0.1) is 0 Å². The van der Waals surface area contributed by atoms with Crippen molar-refractivity contribution in [2.75, 3.05) is 19.1 Å². The predicted octanol–water partition coefficient (Wildman–Crippen LogP) is 5.86. The van der Waals surface area contributed by atoms with E-state index in [9.17, 15) is 9.59 Å². The van der Waals surface area contributed by atoms with E-state index in [1.165, 1.54) is 0 Å². The van der Waals surface area contributed by atoms with Gasteiger partial charge in [0, 0.05) is 21.1 Å². The molecule has 3 aromatic carbocycles. The minimum absolute atomic E-state index is 0.00345. The summed E-state index contributed by atoms with van der Waals surface area (Å²) in [5.74, 6) is -2.93. The summed E-state index contributed by atoms with van der Waals surface area (Å²) in [7, 11) is -1.50. The number of nitrogens with one attached hydrogen (secondary N) is 1. The molecule has 2 bridgehead atoms. The maximum atomic E-state index is 13.6. The number of hydrogen-bond acceptors (Lipinski definition) is 8. The minimum atomic E-state index is -1.61. The molecule has 3 saturated heterocycles. The molecule has 6 rings (SSSR count). The van der Waals surface area contributed by atoms with Gasteiger partial charge in [0.05, 0.1) is 38.6 Å². The average molecular weight is 696 g/mol. The lowest BCUT2D eigenvalue weighted by Gasteiger charge is -2.54. The molecule has 6 atom stereocenters. The molecule has 3 aromatic rings. The zero-order valence-corrected chi connectivity index (χ0v) is 29.6. The molecule has 1 N–H and O–H groups in total. The van der Waals surface area contributed by atoms with Gasteiger partial charge in [-0.25, -0.2) is 0 Å². The number of amides is 1. The van der Waals surface area contributed by atoms with E-state index in [2.05, 4.69) is 25.0 Å². The summed E-state index contributed by atoms with van der Waals surface area (Å²) >= 11 is 5.93. The molecule has 0 aromatic heterocycles. The fraction of sp³-hybridized carbons (Fsp3) is 0.459. The second-order valence-corrected chi connectivity index (χ2v) is 19.3. The van der Waals surface area contributed by atoms with Crippen LogP contribution in [0.1, 0.15) is 23.1 Å². The first kappa shape index (κ1) is 36.2. The Balaban J connectivity index is 1.46. The summed E-state index contributed by atoms with van der Waals surface area (Å²) in [4.78, 5) is 26.4. The van der Waals surface area contributed by atoms with Gasteiger partial charge in [0.2, 0.25) is 0 Å².